The molecule has 0 fully saturated rings. The quantitative estimate of drug-likeness (QED) is 0.803. The lowest BCUT2D eigenvalue weighted by atomic mass is 10.0. The minimum Gasteiger partial charge on any atom is -0.348 e. The molecule has 22 heavy (non-hydrogen) atoms. The summed E-state index contributed by atoms with van der Waals surface area (Å²) in [6.45, 7) is 0.479. The Kier molecular flexibility index (Phi) is 4.01. The Morgan fingerprint density at radius 1 is 1.05 bits per heavy atom. The zero-order chi connectivity index (χ0) is 15.4. The molecule has 4 nitrogen and oxygen atoms in total. The maximum atomic E-state index is 12.1. The third-order valence-corrected chi connectivity index (χ3v) is 3.47. The summed E-state index contributed by atoms with van der Waals surface area (Å²) in [5, 5.41) is 6.97. The smallest absolute Gasteiger partial charge is 0.251 e. The molecule has 1 N–H and O–H groups in total. The molecule has 0 aliphatic heterocycles. The number of hydrogen-bond donors (Lipinski definition) is 1. The lowest BCUT2D eigenvalue weighted by molar-refractivity contribution is 0.0951. The predicted octanol–water partition coefficient (Wildman–Crippen LogP) is 3.02. The van der Waals surface area contributed by atoms with E-state index in [1.807, 2.05) is 55.7 Å². The first kappa shape index (κ1) is 14.1. The minimum absolute atomic E-state index is 0.0801. The van der Waals surface area contributed by atoms with Crippen LogP contribution in [-0.4, -0.2) is 15.7 Å². The highest BCUT2D eigenvalue weighted by molar-refractivity contribution is 5.94. The van der Waals surface area contributed by atoms with E-state index in [9.17, 15) is 4.79 Å². The number of carbonyl (C=O) groups excluding carboxylic acids is 1. The number of rotatable bonds is 4. The van der Waals surface area contributed by atoms with Crippen molar-refractivity contribution in [1.29, 1.82) is 0 Å². The van der Waals surface area contributed by atoms with E-state index in [1.54, 1.807) is 10.9 Å². The summed E-state index contributed by atoms with van der Waals surface area (Å²) < 4.78 is 1.72. The third kappa shape index (κ3) is 3.23. The van der Waals surface area contributed by atoms with Crippen molar-refractivity contribution < 1.29 is 4.79 Å². The van der Waals surface area contributed by atoms with Gasteiger partial charge in [0.15, 0.2) is 0 Å². The van der Waals surface area contributed by atoms with E-state index < -0.39 is 0 Å². The van der Waals surface area contributed by atoms with Crippen molar-refractivity contribution in [3.8, 4) is 11.1 Å². The van der Waals surface area contributed by atoms with Crippen molar-refractivity contribution in [2.75, 3.05) is 0 Å². The summed E-state index contributed by atoms with van der Waals surface area (Å²) in [7, 11) is 1.85. The van der Waals surface area contributed by atoms with Crippen LogP contribution in [0.25, 0.3) is 11.1 Å². The molecule has 0 radical (unpaired) electrons. The molecule has 4 heteroatoms. The lowest BCUT2D eigenvalue weighted by Crippen LogP contribution is -2.22. The molecule has 0 saturated carbocycles. The second-order valence-electron chi connectivity index (χ2n) is 5.15. The number of amides is 1. The van der Waals surface area contributed by atoms with Crippen molar-refractivity contribution in [1.82, 2.24) is 15.1 Å². The van der Waals surface area contributed by atoms with E-state index >= 15 is 0 Å². The number of nitrogens with zero attached hydrogens (tertiary/aromatic N) is 2. The van der Waals surface area contributed by atoms with Crippen LogP contribution in [-0.2, 0) is 13.6 Å². The molecule has 0 aliphatic rings. The zero-order valence-corrected chi connectivity index (χ0v) is 12.4. The summed E-state index contributed by atoms with van der Waals surface area (Å²) >= 11 is 0. The van der Waals surface area contributed by atoms with E-state index in [1.165, 1.54) is 0 Å². The highest BCUT2D eigenvalue weighted by atomic mass is 16.1. The number of benzene rings is 2. The first-order chi connectivity index (χ1) is 10.7. The molecule has 110 valence electrons. The van der Waals surface area contributed by atoms with Crippen LogP contribution in [0, 0.1) is 0 Å². The van der Waals surface area contributed by atoms with Crippen LogP contribution in [0.15, 0.2) is 67.0 Å². The molecule has 3 aromatic rings. The number of nitrogens with one attached hydrogen (secondary N) is 1. The van der Waals surface area contributed by atoms with Crippen LogP contribution < -0.4 is 5.32 Å². The largest absolute Gasteiger partial charge is 0.348 e. The van der Waals surface area contributed by atoms with Crippen LogP contribution in [0.1, 0.15) is 15.9 Å². The lowest BCUT2D eigenvalue weighted by Gasteiger charge is -2.05. The van der Waals surface area contributed by atoms with Gasteiger partial charge in [0.2, 0.25) is 0 Å². The van der Waals surface area contributed by atoms with E-state index in [2.05, 4.69) is 22.5 Å². The van der Waals surface area contributed by atoms with Gasteiger partial charge in [0, 0.05) is 30.9 Å². The van der Waals surface area contributed by atoms with Gasteiger partial charge in [-0.3, -0.25) is 9.48 Å². The Labute approximate surface area is 129 Å². The van der Waals surface area contributed by atoms with Gasteiger partial charge in [0.05, 0.1) is 6.20 Å². The van der Waals surface area contributed by atoms with Gasteiger partial charge in [-0.2, -0.15) is 5.10 Å². The molecular formula is C18H17N3O. The van der Waals surface area contributed by atoms with Gasteiger partial charge in [-0.15, -0.1) is 0 Å². The van der Waals surface area contributed by atoms with Crippen molar-refractivity contribution in [2.24, 2.45) is 7.05 Å². The van der Waals surface area contributed by atoms with Gasteiger partial charge in [-0.1, -0.05) is 42.5 Å². The second kappa shape index (κ2) is 6.26. The molecule has 0 bridgehead atoms. The van der Waals surface area contributed by atoms with Crippen LogP contribution in [0.5, 0.6) is 0 Å². The number of hydrogen-bond acceptors (Lipinski definition) is 2. The fourth-order valence-corrected chi connectivity index (χ4v) is 2.29. The standard InChI is InChI=1S/C18H17N3O/c1-21-13-14(12-20-21)11-19-18(22)17-9-7-16(8-10-17)15-5-3-2-4-6-15/h2-10,12-13H,11H2,1H3,(H,19,22). The molecule has 0 spiro atoms. The second-order valence-corrected chi connectivity index (χ2v) is 5.15. The molecular weight excluding hydrogens is 274 g/mol. The summed E-state index contributed by atoms with van der Waals surface area (Å²) in [6, 6.07) is 17.7. The maximum Gasteiger partial charge on any atom is 0.251 e. The van der Waals surface area contributed by atoms with Crippen molar-refractivity contribution in [3.05, 3.63) is 78.1 Å². The van der Waals surface area contributed by atoms with E-state index in [0.717, 1.165) is 16.7 Å². The van der Waals surface area contributed by atoms with Gasteiger partial charge in [0.25, 0.3) is 5.91 Å². The van der Waals surface area contributed by atoms with Crippen molar-refractivity contribution >= 4 is 5.91 Å². The topological polar surface area (TPSA) is 46.9 Å². The molecule has 1 heterocycles. The average Bonchev–Trinajstić information content (AvgIpc) is 2.99. The normalized spacial score (nSPS) is 10.4. The van der Waals surface area contributed by atoms with Gasteiger partial charge >= 0.3 is 0 Å². The number of carbonyl (C=O) groups is 1. The molecule has 0 aliphatic carbocycles. The Hall–Kier alpha value is -2.88. The molecule has 1 amide bonds. The van der Waals surface area contributed by atoms with Crippen LogP contribution in [0.4, 0.5) is 0 Å². The molecule has 2 aromatic carbocycles. The molecule has 0 saturated heterocycles. The number of aromatic nitrogens is 2. The fourth-order valence-electron chi connectivity index (χ4n) is 2.29. The van der Waals surface area contributed by atoms with Gasteiger partial charge in [-0.25, -0.2) is 0 Å². The summed E-state index contributed by atoms with van der Waals surface area (Å²) in [6.07, 6.45) is 3.64. The predicted molar refractivity (Wildman–Crippen MR) is 86.3 cm³/mol. The zero-order valence-electron chi connectivity index (χ0n) is 12.4. The fraction of sp³-hybridized carbons (Fsp3) is 0.111. The SMILES string of the molecule is Cn1cc(CNC(=O)c2ccc(-c3ccccc3)cc2)cn1. The van der Waals surface area contributed by atoms with Gasteiger partial charge in [-0.05, 0) is 23.3 Å². The molecule has 3 rings (SSSR count). The first-order valence-corrected chi connectivity index (χ1v) is 7.13. The highest BCUT2D eigenvalue weighted by Gasteiger charge is 2.06. The first-order valence-electron chi connectivity index (χ1n) is 7.13. The van der Waals surface area contributed by atoms with E-state index in [-0.39, 0.29) is 5.91 Å². The third-order valence-electron chi connectivity index (χ3n) is 3.47. The summed E-state index contributed by atoms with van der Waals surface area (Å²) in [5.41, 5.74) is 3.88. The maximum absolute atomic E-state index is 12.1. The van der Waals surface area contributed by atoms with Crippen LogP contribution >= 0.6 is 0 Å². The van der Waals surface area contributed by atoms with Crippen LogP contribution in [0.3, 0.4) is 0 Å². The Morgan fingerprint density at radius 3 is 2.36 bits per heavy atom. The molecule has 1 aromatic heterocycles. The molecule has 0 atom stereocenters. The van der Waals surface area contributed by atoms with Crippen LogP contribution in [0.2, 0.25) is 0 Å². The van der Waals surface area contributed by atoms with Gasteiger partial charge < -0.3 is 5.32 Å². The highest BCUT2D eigenvalue weighted by Crippen LogP contribution is 2.19. The van der Waals surface area contributed by atoms with Crippen molar-refractivity contribution in [2.45, 2.75) is 6.54 Å². The Bertz CT molecular complexity index is 761. The Morgan fingerprint density at radius 2 is 1.73 bits per heavy atom. The van der Waals surface area contributed by atoms with E-state index in [0.29, 0.717) is 12.1 Å². The minimum atomic E-state index is -0.0801. The van der Waals surface area contributed by atoms with Gasteiger partial charge in [0.1, 0.15) is 0 Å². The van der Waals surface area contributed by atoms with E-state index in [4.69, 9.17) is 0 Å². The molecule has 0 unspecified atom stereocenters. The van der Waals surface area contributed by atoms with Crippen molar-refractivity contribution in [3.63, 3.8) is 0 Å². The number of aryl methyl sites for hydroxylation is 1. The summed E-state index contributed by atoms with van der Waals surface area (Å²) in [4.78, 5) is 12.1. The summed E-state index contributed by atoms with van der Waals surface area (Å²) in [5.74, 6) is -0.0801. The average molecular weight is 291 g/mol. The Balaban J connectivity index is 1.66. The monoisotopic (exact) mass is 291 g/mol.